The smallest absolute Gasteiger partial charge is 0.396 e. The van der Waals surface area contributed by atoms with Crippen molar-refractivity contribution >= 4 is 24.2 Å². The van der Waals surface area contributed by atoms with Crippen molar-refractivity contribution in [3.05, 3.63) is 163 Å². The van der Waals surface area contributed by atoms with Crippen molar-refractivity contribution in [2.24, 2.45) is 0 Å². The van der Waals surface area contributed by atoms with Crippen LogP contribution in [-0.4, -0.2) is 25.4 Å². The summed E-state index contributed by atoms with van der Waals surface area (Å²) in [5.74, 6) is 0. The number of benzene rings is 3. The average molecular weight is 578 g/mol. The number of nitriles is 1. The van der Waals surface area contributed by atoms with E-state index >= 15 is 0 Å². The van der Waals surface area contributed by atoms with Gasteiger partial charge in [-0.15, -0.1) is 0 Å². The standard InChI is InChI=1S/C38H36BN3O2/c1-3-5-15-31(4-2)41(32-16-9-6-10-17-32)35-26-27-36(42(33-18-11-7-12-19-33)34-20-13-8-14-21-34)38-37(35)43-39(44-38)30-24-22-29(28-40)23-25-30/h3,5-22,24,26-27,31,37-38H,1,4,23,25H2,2H3/b15-5-. The lowest BCUT2D eigenvalue weighted by Gasteiger charge is -2.41. The Labute approximate surface area is 261 Å². The second kappa shape index (κ2) is 13.6. The molecule has 0 radical (unpaired) electrons. The first kappa shape index (κ1) is 29.3. The summed E-state index contributed by atoms with van der Waals surface area (Å²) in [5.41, 5.74) is 7.05. The molecule has 1 fully saturated rings. The van der Waals surface area contributed by atoms with Crippen LogP contribution in [0.25, 0.3) is 0 Å². The van der Waals surface area contributed by atoms with Crippen molar-refractivity contribution in [2.45, 2.75) is 44.4 Å². The zero-order valence-corrected chi connectivity index (χ0v) is 25.0. The summed E-state index contributed by atoms with van der Waals surface area (Å²) in [7, 11) is -0.527. The van der Waals surface area contributed by atoms with Gasteiger partial charge in [0.25, 0.3) is 0 Å². The Hall–Kier alpha value is -4.83. The summed E-state index contributed by atoms with van der Waals surface area (Å²) in [5, 5.41) is 9.42. The van der Waals surface area contributed by atoms with Gasteiger partial charge < -0.3 is 19.1 Å². The molecule has 2 aliphatic carbocycles. The quantitative estimate of drug-likeness (QED) is 0.178. The van der Waals surface area contributed by atoms with Gasteiger partial charge in [0.15, 0.2) is 0 Å². The monoisotopic (exact) mass is 577 g/mol. The number of allylic oxidation sites excluding steroid dienone is 8. The van der Waals surface area contributed by atoms with Crippen LogP contribution in [0.2, 0.25) is 0 Å². The molecule has 5 nitrogen and oxygen atoms in total. The first-order valence-electron chi connectivity index (χ1n) is 15.3. The van der Waals surface area contributed by atoms with Gasteiger partial charge in [-0.25, -0.2) is 0 Å². The van der Waals surface area contributed by atoms with Crippen LogP contribution in [0, 0.1) is 11.3 Å². The van der Waals surface area contributed by atoms with Gasteiger partial charge >= 0.3 is 7.12 Å². The maximum absolute atomic E-state index is 9.42. The van der Waals surface area contributed by atoms with E-state index in [4.69, 9.17) is 9.31 Å². The number of hydrogen-bond donors (Lipinski definition) is 0. The van der Waals surface area contributed by atoms with Crippen LogP contribution in [0.15, 0.2) is 163 Å². The normalized spacial score (nSPS) is 20.0. The van der Waals surface area contributed by atoms with Crippen LogP contribution in [0.1, 0.15) is 26.2 Å². The van der Waals surface area contributed by atoms with Gasteiger partial charge in [0.1, 0.15) is 12.2 Å². The lowest BCUT2D eigenvalue weighted by molar-refractivity contribution is 0.205. The minimum absolute atomic E-state index is 0.0780. The third-order valence-electron chi connectivity index (χ3n) is 8.27. The molecule has 3 unspecified atom stereocenters. The summed E-state index contributed by atoms with van der Waals surface area (Å²) in [6.45, 7) is 6.11. The molecule has 3 atom stereocenters. The zero-order valence-electron chi connectivity index (χ0n) is 25.0. The van der Waals surface area contributed by atoms with Gasteiger partial charge in [-0.3, -0.25) is 0 Å². The fraction of sp³-hybridized carbons (Fsp3) is 0.184. The molecule has 44 heavy (non-hydrogen) atoms. The predicted molar refractivity (Wildman–Crippen MR) is 180 cm³/mol. The Morgan fingerprint density at radius 3 is 1.91 bits per heavy atom. The van der Waals surface area contributed by atoms with E-state index in [2.05, 4.69) is 120 Å². The zero-order chi connectivity index (χ0) is 30.3. The Bertz CT molecular complexity index is 1610. The first-order valence-corrected chi connectivity index (χ1v) is 15.3. The Balaban J connectivity index is 1.50. The summed E-state index contributed by atoms with van der Waals surface area (Å²) in [6, 6.07) is 33.6. The van der Waals surface area contributed by atoms with Crippen LogP contribution in [0.5, 0.6) is 0 Å². The van der Waals surface area contributed by atoms with Gasteiger partial charge in [0, 0.05) is 28.3 Å². The summed E-state index contributed by atoms with van der Waals surface area (Å²) >= 11 is 0. The third kappa shape index (κ3) is 5.98. The minimum atomic E-state index is -0.527. The summed E-state index contributed by atoms with van der Waals surface area (Å²) in [4.78, 5) is 4.64. The fourth-order valence-corrected chi connectivity index (χ4v) is 6.12. The van der Waals surface area contributed by atoms with Gasteiger partial charge in [-0.1, -0.05) is 92.4 Å². The Morgan fingerprint density at radius 2 is 1.39 bits per heavy atom. The molecule has 218 valence electrons. The molecule has 0 saturated carbocycles. The lowest BCUT2D eigenvalue weighted by atomic mass is 9.73. The van der Waals surface area contributed by atoms with Gasteiger partial charge in [0.2, 0.25) is 0 Å². The number of anilines is 3. The van der Waals surface area contributed by atoms with Gasteiger partial charge in [-0.2, -0.15) is 5.26 Å². The molecule has 0 aromatic heterocycles. The summed E-state index contributed by atoms with van der Waals surface area (Å²) in [6.07, 6.45) is 15.9. The topological polar surface area (TPSA) is 48.7 Å². The molecule has 6 heteroatoms. The van der Waals surface area contributed by atoms with Crippen molar-refractivity contribution < 1.29 is 9.31 Å². The van der Waals surface area contributed by atoms with Crippen LogP contribution < -0.4 is 9.80 Å². The molecule has 1 aliphatic heterocycles. The molecular weight excluding hydrogens is 541 g/mol. The molecule has 6 rings (SSSR count). The van der Waals surface area contributed by atoms with Gasteiger partial charge in [0.05, 0.1) is 17.8 Å². The number of nitrogens with zero attached hydrogens (tertiary/aromatic N) is 3. The third-order valence-corrected chi connectivity index (χ3v) is 8.27. The van der Waals surface area contributed by atoms with E-state index in [1.165, 1.54) is 0 Å². The molecule has 3 aliphatic rings. The molecule has 0 spiro atoms. The van der Waals surface area contributed by atoms with E-state index < -0.39 is 7.12 Å². The highest BCUT2D eigenvalue weighted by Gasteiger charge is 2.49. The van der Waals surface area contributed by atoms with E-state index in [0.717, 1.165) is 52.3 Å². The van der Waals surface area contributed by atoms with E-state index in [1.807, 2.05) is 42.5 Å². The van der Waals surface area contributed by atoms with E-state index in [0.29, 0.717) is 6.42 Å². The van der Waals surface area contributed by atoms with Crippen molar-refractivity contribution in [2.75, 3.05) is 9.80 Å². The number of fused-ring (bicyclic) bond motifs is 1. The highest BCUT2D eigenvalue weighted by Crippen LogP contribution is 2.43. The van der Waals surface area contributed by atoms with Gasteiger partial charge in [-0.05, 0) is 79.4 Å². The number of rotatable bonds is 10. The Morgan fingerprint density at radius 1 is 0.818 bits per heavy atom. The first-order chi connectivity index (χ1) is 21.7. The molecule has 1 heterocycles. The Kier molecular flexibility index (Phi) is 9.07. The SMILES string of the molecule is C=C/C=C\C(CC)N(C1=CC=C(N(c2ccccc2)c2ccccc2)C2OB(C3=CC=C(C#N)CC3)OC12)c1ccccc1. The second-order valence-electron chi connectivity index (χ2n) is 11.0. The number of hydrogen-bond acceptors (Lipinski definition) is 5. The largest absolute Gasteiger partial charge is 0.490 e. The maximum atomic E-state index is 9.42. The molecule has 0 N–H and O–H groups in total. The predicted octanol–water partition coefficient (Wildman–Crippen LogP) is 8.62. The van der Waals surface area contributed by atoms with Crippen LogP contribution in [0.3, 0.4) is 0 Å². The van der Waals surface area contributed by atoms with Crippen LogP contribution in [0.4, 0.5) is 17.1 Å². The van der Waals surface area contributed by atoms with E-state index in [1.54, 1.807) is 0 Å². The van der Waals surface area contributed by atoms with Crippen molar-refractivity contribution in [3.63, 3.8) is 0 Å². The fourth-order valence-electron chi connectivity index (χ4n) is 6.12. The average Bonchev–Trinajstić information content (AvgIpc) is 3.55. The summed E-state index contributed by atoms with van der Waals surface area (Å²) < 4.78 is 13.8. The van der Waals surface area contributed by atoms with E-state index in [-0.39, 0.29) is 18.2 Å². The lowest BCUT2D eigenvalue weighted by Crippen LogP contribution is -2.44. The highest BCUT2D eigenvalue weighted by molar-refractivity contribution is 6.54. The molecule has 0 amide bonds. The highest BCUT2D eigenvalue weighted by atomic mass is 16.7. The number of para-hydroxylation sites is 3. The van der Waals surface area contributed by atoms with Crippen molar-refractivity contribution in [3.8, 4) is 6.07 Å². The maximum Gasteiger partial charge on any atom is 0.490 e. The second-order valence-corrected chi connectivity index (χ2v) is 11.0. The van der Waals surface area contributed by atoms with Crippen molar-refractivity contribution in [1.82, 2.24) is 0 Å². The van der Waals surface area contributed by atoms with Crippen LogP contribution >= 0.6 is 0 Å². The molecule has 0 bridgehead atoms. The van der Waals surface area contributed by atoms with Crippen LogP contribution in [-0.2, 0) is 9.31 Å². The van der Waals surface area contributed by atoms with Crippen molar-refractivity contribution in [1.29, 1.82) is 5.26 Å². The molecule has 3 aromatic rings. The molecular formula is C38H36BN3O2. The van der Waals surface area contributed by atoms with E-state index in [9.17, 15) is 5.26 Å². The molecule has 3 aromatic carbocycles. The molecule has 1 saturated heterocycles. The minimum Gasteiger partial charge on any atom is -0.396 e.